The van der Waals surface area contributed by atoms with Gasteiger partial charge in [0, 0.05) is 24.0 Å². The summed E-state index contributed by atoms with van der Waals surface area (Å²) in [6, 6.07) is 17.8. The van der Waals surface area contributed by atoms with E-state index < -0.39 is 0 Å². The van der Waals surface area contributed by atoms with Crippen molar-refractivity contribution >= 4 is 11.0 Å². The molecular weight excluding hydrogens is 248 g/mol. The standard InChI is InChI=1S/C17H14N2O/c18-9-13-4-3-5-14(8-13)10-19-11-15-12-20-17-7-2-1-6-16(15)17/h1-8,12,19H,10-11H2. The van der Waals surface area contributed by atoms with E-state index in [0.717, 1.165) is 35.2 Å². The number of hydrogen-bond acceptors (Lipinski definition) is 3. The van der Waals surface area contributed by atoms with Crippen LogP contribution in [0.2, 0.25) is 0 Å². The van der Waals surface area contributed by atoms with Crippen molar-refractivity contribution in [3.05, 3.63) is 71.5 Å². The summed E-state index contributed by atoms with van der Waals surface area (Å²) in [7, 11) is 0. The second-order valence-electron chi connectivity index (χ2n) is 4.67. The Labute approximate surface area is 117 Å². The number of fused-ring (bicyclic) bond motifs is 1. The number of nitriles is 1. The molecule has 98 valence electrons. The second kappa shape index (κ2) is 5.60. The van der Waals surface area contributed by atoms with Crippen LogP contribution in [0.5, 0.6) is 0 Å². The predicted molar refractivity (Wildman–Crippen MR) is 77.9 cm³/mol. The Kier molecular flexibility index (Phi) is 3.49. The second-order valence-corrected chi connectivity index (χ2v) is 4.67. The molecule has 0 unspecified atom stereocenters. The minimum Gasteiger partial charge on any atom is -0.464 e. The third kappa shape index (κ3) is 2.56. The van der Waals surface area contributed by atoms with Crippen LogP contribution in [0.3, 0.4) is 0 Å². The smallest absolute Gasteiger partial charge is 0.134 e. The Morgan fingerprint density at radius 2 is 1.95 bits per heavy atom. The molecule has 1 N–H and O–H groups in total. The van der Waals surface area contributed by atoms with E-state index >= 15 is 0 Å². The van der Waals surface area contributed by atoms with Crippen molar-refractivity contribution in [3.63, 3.8) is 0 Å². The number of nitrogens with one attached hydrogen (secondary N) is 1. The molecule has 0 amide bonds. The number of rotatable bonds is 4. The van der Waals surface area contributed by atoms with Crippen LogP contribution in [-0.2, 0) is 13.1 Å². The third-order valence-electron chi connectivity index (χ3n) is 3.26. The van der Waals surface area contributed by atoms with Gasteiger partial charge in [-0.1, -0.05) is 30.3 Å². The minimum absolute atomic E-state index is 0.693. The molecule has 0 saturated carbocycles. The Morgan fingerprint density at radius 3 is 2.85 bits per heavy atom. The fraction of sp³-hybridized carbons (Fsp3) is 0.118. The lowest BCUT2D eigenvalue weighted by atomic mass is 10.1. The number of hydrogen-bond donors (Lipinski definition) is 1. The SMILES string of the molecule is N#Cc1cccc(CNCc2coc3ccccc23)c1. The van der Waals surface area contributed by atoms with Crippen LogP contribution in [-0.4, -0.2) is 0 Å². The van der Waals surface area contributed by atoms with Gasteiger partial charge < -0.3 is 9.73 Å². The molecule has 1 aromatic heterocycles. The summed E-state index contributed by atoms with van der Waals surface area (Å²) in [6.07, 6.45) is 1.80. The van der Waals surface area contributed by atoms with E-state index in [-0.39, 0.29) is 0 Å². The van der Waals surface area contributed by atoms with Crippen molar-refractivity contribution in [1.82, 2.24) is 5.32 Å². The predicted octanol–water partition coefficient (Wildman–Crippen LogP) is 3.59. The Bertz CT molecular complexity index is 768. The fourth-order valence-corrected chi connectivity index (χ4v) is 2.26. The molecule has 0 atom stereocenters. The van der Waals surface area contributed by atoms with E-state index in [1.165, 1.54) is 0 Å². The summed E-state index contributed by atoms with van der Waals surface area (Å²) in [5.74, 6) is 0. The molecule has 0 fully saturated rings. The van der Waals surface area contributed by atoms with Crippen LogP contribution in [0.4, 0.5) is 0 Å². The Hall–Kier alpha value is -2.57. The van der Waals surface area contributed by atoms with Crippen LogP contribution < -0.4 is 5.32 Å². The highest BCUT2D eigenvalue weighted by Crippen LogP contribution is 2.20. The minimum atomic E-state index is 0.693. The first-order chi connectivity index (χ1) is 9.86. The average molecular weight is 262 g/mol. The highest BCUT2D eigenvalue weighted by Gasteiger charge is 2.04. The number of furan rings is 1. The van der Waals surface area contributed by atoms with E-state index in [4.69, 9.17) is 9.68 Å². The summed E-state index contributed by atoms with van der Waals surface area (Å²) in [6.45, 7) is 1.48. The summed E-state index contributed by atoms with van der Waals surface area (Å²) < 4.78 is 5.51. The van der Waals surface area contributed by atoms with Crippen molar-refractivity contribution in [2.24, 2.45) is 0 Å². The van der Waals surface area contributed by atoms with Gasteiger partial charge in [0.25, 0.3) is 0 Å². The molecule has 20 heavy (non-hydrogen) atoms. The van der Waals surface area contributed by atoms with E-state index in [9.17, 15) is 0 Å². The van der Waals surface area contributed by atoms with Gasteiger partial charge >= 0.3 is 0 Å². The first-order valence-corrected chi connectivity index (χ1v) is 6.52. The molecule has 2 aromatic carbocycles. The summed E-state index contributed by atoms with van der Waals surface area (Å²) in [5, 5.41) is 13.4. The van der Waals surface area contributed by atoms with Crippen LogP contribution in [0.25, 0.3) is 11.0 Å². The van der Waals surface area contributed by atoms with Crippen molar-refractivity contribution in [3.8, 4) is 6.07 Å². The van der Waals surface area contributed by atoms with Gasteiger partial charge in [0.05, 0.1) is 17.9 Å². The Balaban J connectivity index is 1.66. The lowest BCUT2D eigenvalue weighted by molar-refractivity contribution is 0.602. The summed E-state index contributed by atoms with van der Waals surface area (Å²) in [4.78, 5) is 0. The maximum Gasteiger partial charge on any atom is 0.134 e. The zero-order valence-electron chi connectivity index (χ0n) is 11.0. The maximum atomic E-state index is 8.87. The zero-order valence-corrected chi connectivity index (χ0v) is 11.0. The normalized spacial score (nSPS) is 10.6. The topological polar surface area (TPSA) is 49.0 Å². The molecule has 0 saturated heterocycles. The van der Waals surface area contributed by atoms with E-state index in [1.807, 2.05) is 42.5 Å². The quantitative estimate of drug-likeness (QED) is 0.781. The molecule has 0 aliphatic rings. The van der Waals surface area contributed by atoms with E-state index in [1.54, 1.807) is 6.26 Å². The van der Waals surface area contributed by atoms with Crippen molar-refractivity contribution < 1.29 is 4.42 Å². The lowest BCUT2D eigenvalue weighted by Gasteiger charge is -2.04. The molecule has 1 heterocycles. The highest BCUT2D eigenvalue weighted by atomic mass is 16.3. The van der Waals surface area contributed by atoms with Gasteiger partial charge in [0.2, 0.25) is 0 Å². The molecule has 0 bridgehead atoms. The molecule has 0 aliphatic heterocycles. The highest BCUT2D eigenvalue weighted by molar-refractivity contribution is 5.80. The molecule has 3 aromatic rings. The number of benzene rings is 2. The van der Waals surface area contributed by atoms with Gasteiger partial charge in [-0.2, -0.15) is 5.26 Å². The molecule has 3 nitrogen and oxygen atoms in total. The summed E-state index contributed by atoms with van der Waals surface area (Å²) in [5.41, 5.74) is 3.86. The molecule has 0 spiro atoms. The molecule has 0 aliphatic carbocycles. The fourth-order valence-electron chi connectivity index (χ4n) is 2.26. The average Bonchev–Trinajstić information content (AvgIpc) is 2.91. The van der Waals surface area contributed by atoms with Crippen LogP contribution in [0.1, 0.15) is 16.7 Å². The van der Waals surface area contributed by atoms with E-state index in [0.29, 0.717) is 5.56 Å². The molecular formula is C17H14N2O. The van der Waals surface area contributed by atoms with Crippen LogP contribution in [0.15, 0.2) is 59.2 Å². The van der Waals surface area contributed by atoms with Crippen molar-refractivity contribution in [2.45, 2.75) is 13.1 Å². The summed E-state index contributed by atoms with van der Waals surface area (Å²) >= 11 is 0. The largest absolute Gasteiger partial charge is 0.464 e. The van der Waals surface area contributed by atoms with E-state index in [2.05, 4.69) is 17.5 Å². The maximum absolute atomic E-state index is 8.87. The first kappa shape index (κ1) is 12.5. The third-order valence-corrected chi connectivity index (χ3v) is 3.26. The number of nitrogens with zero attached hydrogens (tertiary/aromatic N) is 1. The van der Waals surface area contributed by atoms with Gasteiger partial charge in [0.1, 0.15) is 5.58 Å². The molecule has 3 heteroatoms. The van der Waals surface area contributed by atoms with Gasteiger partial charge in [-0.3, -0.25) is 0 Å². The lowest BCUT2D eigenvalue weighted by Crippen LogP contribution is -2.12. The van der Waals surface area contributed by atoms with Crippen LogP contribution in [0, 0.1) is 11.3 Å². The van der Waals surface area contributed by atoms with Crippen molar-refractivity contribution in [2.75, 3.05) is 0 Å². The van der Waals surface area contributed by atoms with Gasteiger partial charge in [-0.15, -0.1) is 0 Å². The van der Waals surface area contributed by atoms with Gasteiger partial charge in [0.15, 0.2) is 0 Å². The van der Waals surface area contributed by atoms with Gasteiger partial charge in [-0.05, 0) is 23.8 Å². The van der Waals surface area contributed by atoms with Crippen molar-refractivity contribution in [1.29, 1.82) is 5.26 Å². The zero-order chi connectivity index (χ0) is 13.8. The molecule has 0 radical (unpaired) electrons. The monoisotopic (exact) mass is 262 g/mol. The Morgan fingerprint density at radius 1 is 1.05 bits per heavy atom. The van der Waals surface area contributed by atoms with Gasteiger partial charge in [-0.25, -0.2) is 0 Å². The number of para-hydroxylation sites is 1. The van der Waals surface area contributed by atoms with Crippen LogP contribution >= 0.6 is 0 Å². The molecule has 3 rings (SSSR count). The first-order valence-electron chi connectivity index (χ1n) is 6.52.